The summed E-state index contributed by atoms with van der Waals surface area (Å²) in [5, 5.41) is 4.52. The highest BCUT2D eigenvalue weighted by molar-refractivity contribution is 9.08. The highest BCUT2D eigenvalue weighted by Crippen LogP contribution is 2.29. The number of hydrogen-bond acceptors (Lipinski definition) is 1. The van der Waals surface area contributed by atoms with E-state index < -0.39 is 11.9 Å². The molecule has 0 aliphatic rings. The third-order valence-electron chi connectivity index (χ3n) is 2.31. The zero-order chi connectivity index (χ0) is 13.3. The number of nitrogens with zero attached hydrogens (tertiary/aromatic N) is 2. The van der Waals surface area contributed by atoms with Gasteiger partial charge < -0.3 is 0 Å². The first-order valence-corrected chi connectivity index (χ1v) is 6.39. The zero-order valence-corrected chi connectivity index (χ0v) is 11.2. The monoisotopic (exact) mass is 338 g/mol. The summed E-state index contributed by atoms with van der Waals surface area (Å²) in [5.74, 6) is 0. The Hall–Kier alpha value is -1.01. The van der Waals surface area contributed by atoms with Crippen molar-refractivity contribution in [2.24, 2.45) is 0 Å². The Bertz CT molecular complexity index is 566. The molecule has 2 aromatic rings. The van der Waals surface area contributed by atoms with Crippen LogP contribution in [-0.2, 0) is 11.5 Å². The SMILES string of the molecule is FC(F)(F)c1ccn(-c2ccc(Cl)cc2CBr)n1. The first kappa shape index (κ1) is 13.4. The second-order valence-corrected chi connectivity index (χ2v) is 4.55. The van der Waals surface area contributed by atoms with E-state index in [-0.39, 0.29) is 0 Å². The van der Waals surface area contributed by atoms with Gasteiger partial charge in [-0.25, -0.2) is 4.68 Å². The van der Waals surface area contributed by atoms with Crippen molar-refractivity contribution in [3.05, 3.63) is 46.7 Å². The molecular weight excluding hydrogens is 332 g/mol. The topological polar surface area (TPSA) is 17.8 Å². The molecule has 1 heterocycles. The quantitative estimate of drug-likeness (QED) is 0.740. The second-order valence-electron chi connectivity index (χ2n) is 3.55. The van der Waals surface area contributed by atoms with Crippen LogP contribution in [0.1, 0.15) is 11.3 Å². The molecule has 2 rings (SSSR count). The Morgan fingerprint density at radius 1 is 1.28 bits per heavy atom. The highest BCUT2D eigenvalue weighted by Gasteiger charge is 2.33. The molecule has 0 bridgehead atoms. The number of halogens is 5. The Kier molecular flexibility index (Phi) is 3.68. The molecule has 2 nitrogen and oxygen atoms in total. The van der Waals surface area contributed by atoms with Crippen LogP contribution in [-0.4, -0.2) is 9.78 Å². The Labute approximate surface area is 114 Å². The number of hydrogen-bond donors (Lipinski definition) is 0. The summed E-state index contributed by atoms with van der Waals surface area (Å²) < 4.78 is 38.6. The van der Waals surface area contributed by atoms with Crippen molar-refractivity contribution in [1.82, 2.24) is 9.78 Å². The summed E-state index contributed by atoms with van der Waals surface area (Å²) in [6.45, 7) is 0. The molecule has 0 radical (unpaired) electrons. The molecule has 96 valence electrons. The molecule has 1 aromatic carbocycles. The van der Waals surface area contributed by atoms with E-state index in [1.807, 2.05) is 0 Å². The minimum Gasteiger partial charge on any atom is -0.240 e. The average Bonchev–Trinajstić information content (AvgIpc) is 2.77. The summed E-state index contributed by atoms with van der Waals surface area (Å²) in [4.78, 5) is 0. The summed E-state index contributed by atoms with van der Waals surface area (Å²) in [5.41, 5.74) is 0.407. The predicted molar refractivity (Wildman–Crippen MR) is 66.2 cm³/mol. The lowest BCUT2D eigenvalue weighted by Crippen LogP contribution is -2.07. The molecule has 0 saturated carbocycles. The van der Waals surface area contributed by atoms with E-state index in [2.05, 4.69) is 21.0 Å². The van der Waals surface area contributed by atoms with E-state index in [4.69, 9.17) is 11.6 Å². The summed E-state index contributed by atoms with van der Waals surface area (Å²) in [7, 11) is 0. The molecule has 0 N–H and O–H groups in total. The van der Waals surface area contributed by atoms with Gasteiger partial charge in [-0.1, -0.05) is 27.5 Å². The van der Waals surface area contributed by atoms with E-state index in [0.717, 1.165) is 11.6 Å². The average molecular weight is 340 g/mol. The van der Waals surface area contributed by atoms with Crippen LogP contribution in [0.4, 0.5) is 13.2 Å². The van der Waals surface area contributed by atoms with Gasteiger partial charge in [0.05, 0.1) is 5.69 Å². The maximum absolute atomic E-state index is 12.5. The number of rotatable bonds is 2. The van der Waals surface area contributed by atoms with Crippen LogP contribution >= 0.6 is 27.5 Å². The zero-order valence-electron chi connectivity index (χ0n) is 8.88. The van der Waals surface area contributed by atoms with Crippen LogP contribution < -0.4 is 0 Å². The van der Waals surface area contributed by atoms with E-state index in [9.17, 15) is 13.2 Å². The maximum atomic E-state index is 12.5. The number of alkyl halides is 4. The molecule has 0 amide bonds. The van der Waals surface area contributed by atoms with Gasteiger partial charge in [0.1, 0.15) is 0 Å². The molecule has 0 saturated heterocycles. The first-order chi connectivity index (χ1) is 8.41. The van der Waals surface area contributed by atoms with E-state index in [1.54, 1.807) is 18.2 Å². The fourth-order valence-electron chi connectivity index (χ4n) is 1.49. The number of aromatic nitrogens is 2. The van der Waals surface area contributed by atoms with Crippen LogP contribution in [0.5, 0.6) is 0 Å². The van der Waals surface area contributed by atoms with Crippen molar-refractivity contribution < 1.29 is 13.2 Å². The molecule has 0 atom stereocenters. The van der Waals surface area contributed by atoms with Crippen molar-refractivity contribution in [2.45, 2.75) is 11.5 Å². The lowest BCUT2D eigenvalue weighted by molar-refractivity contribution is -0.141. The molecule has 0 fully saturated rings. The van der Waals surface area contributed by atoms with Gasteiger partial charge in [0.15, 0.2) is 5.69 Å². The van der Waals surface area contributed by atoms with Gasteiger partial charge in [0.2, 0.25) is 0 Å². The van der Waals surface area contributed by atoms with Gasteiger partial charge in [0, 0.05) is 16.5 Å². The lowest BCUT2D eigenvalue weighted by atomic mass is 10.2. The van der Waals surface area contributed by atoms with Crippen molar-refractivity contribution in [2.75, 3.05) is 0 Å². The minimum absolute atomic E-state index is 0.476. The minimum atomic E-state index is -4.44. The van der Waals surface area contributed by atoms with Crippen molar-refractivity contribution in [1.29, 1.82) is 0 Å². The third-order valence-corrected chi connectivity index (χ3v) is 3.15. The summed E-state index contributed by atoms with van der Waals surface area (Å²) in [6, 6.07) is 5.86. The van der Waals surface area contributed by atoms with E-state index >= 15 is 0 Å². The summed E-state index contributed by atoms with van der Waals surface area (Å²) in [6.07, 6.45) is -3.16. The van der Waals surface area contributed by atoms with Crippen LogP contribution in [0.2, 0.25) is 5.02 Å². The van der Waals surface area contributed by atoms with Crippen LogP contribution in [0.15, 0.2) is 30.5 Å². The van der Waals surface area contributed by atoms with Gasteiger partial charge in [-0.2, -0.15) is 18.3 Å². The van der Waals surface area contributed by atoms with Gasteiger partial charge in [-0.05, 0) is 29.8 Å². The maximum Gasteiger partial charge on any atom is 0.435 e. The Morgan fingerprint density at radius 2 is 2.00 bits per heavy atom. The fourth-order valence-corrected chi connectivity index (χ4v) is 2.14. The van der Waals surface area contributed by atoms with Gasteiger partial charge >= 0.3 is 6.18 Å². The van der Waals surface area contributed by atoms with Crippen LogP contribution in [0, 0.1) is 0 Å². The molecular formula is C11H7BrClF3N2. The standard InChI is InChI=1S/C11H7BrClF3N2/c12-6-7-5-8(13)1-2-9(7)18-4-3-10(17-18)11(14,15)16/h1-5H,6H2. The molecule has 0 unspecified atom stereocenters. The van der Waals surface area contributed by atoms with Crippen molar-refractivity contribution in [3.63, 3.8) is 0 Å². The van der Waals surface area contributed by atoms with Crippen molar-refractivity contribution in [3.8, 4) is 5.69 Å². The van der Waals surface area contributed by atoms with Gasteiger partial charge in [-0.3, -0.25) is 0 Å². The molecule has 0 spiro atoms. The van der Waals surface area contributed by atoms with Crippen molar-refractivity contribution >= 4 is 27.5 Å². The molecule has 7 heteroatoms. The third kappa shape index (κ3) is 2.70. The summed E-state index contributed by atoms with van der Waals surface area (Å²) >= 11 is 9.09. The van der Waals surface area contributed by atoms with E-state index in [1.165, 1.54) is 10.9 Å². The van der Waals surface area contributed by atoms with Gasteiger partial charge in [-0.15, -0.1) is 0 Å². The normalized spacial score (nSPS) is 11.8. The predicted octanol–water partition coefficient (Wildman–Crippen LogP) is 4.44. The second kappa shape index (κ2) is 4.93. The fraction of sp³-hybridized carbons (Fsp3) is 0.182. The Balaban J connectivity index is 2.46. The highest BCUT2D eigenvalue weighted by atomic mass is 79.9. The molecule has 0 aliphatic heterocycles. The van der Waals surface area contributed by atoms with Gasteiger partial charge in [0.25, 0.3) is 0 Å². The Morgan fingerprint density at radius 3 is 2.56 bits per heavy atom. The largest absolute Gasteiger partial charge is 0.435 e. The van der Waals surface area contributed by atoms with Crippen LogP contribution in [0.3, 0.4) is 0 Å². The molecule has 1 aromatic heterocycles. The molecule has 18 heavy (non-hydrogen) atoms. The van der Waals surface area contributed by atoms with Crippen LogP contribution in [0.25, 0.3) is 5.69 Å². The van der Waals surface area contributed by atoms with E-state index in [0.29, 0.717) is 16.0 Å². The number of benzene rings is 1. The first-order valence-electron chi connectivity index (χ1n) is 4.89. The smallest absolute Gasteiger partial charge is 0.240 e. The molecule has 0 aliphatic carbocycles. The lowest BCUT2D eigenvalue weighted by Gasteiger charge is -2.08.